The van der Waals surface area contributed by atoms with Gasteiger partial charge in [-0.15, -0.1) is 13.2 Å². The van der Waals surface area contributed by atoms with Crippen LogP contribution in [0.3, 0.4) is 0 Å². The van der Waals surface area contributed by atoms with Gasteiger partial charge in [-0.2, -0.15) is 0 Å². The smallest absolute Gasteiger partial charge is 0.308 e. The minimum absolute atomic E-state index is 0.0437. The molecule has 6 heteroatoms. The fourth-order valence-corrected chi connectivity index (χ4v) is 3.87. The largest absolute Gasteiger partial charge is 0.463 e. The quantitative estimate of drug-likeness (QED) is 0.151. The predicted molar refractivity (Wildman–Crippen MR) is 118 cm³/mol. The molecule has 0 bridgehead atoms. The van der Waals surface area contributed by atoms with Crippen molar-refractivity contribution in [1.82, 2.24) is 0 Å². The lowest BCUT2D eigenvalue weighted by atomic mass is 10.1. The maximum atomic E-state index is 12.4. The van der Waals surface area contributed by atoms with E-state index >= 15 is 0 Å². The number of ether oxygens (including phenoxy) is 3. The van der Waals surface area contributed by atoms with Crippen molar-refractivity contribution >= 4 is 14.3 Å². The number of hydrogen-bond donors (Lipinski definition) is 0. The molecule has 0 heterocycles. The van der Waals surface area contributed by atoms with Crippen LogP contribution < -0.4 is 0 Å². The number of carbonyl (C=O) groups excluding carboxylic acids is 1. The minimum atomic E-state index is -1.95. The summed E-state index contributed by atoms with van der Waals surface area (Å²) in [6, 6.07) is 0. The molecular weight excluding hydrogens is 372 g/mol. The van der Waals surface area contributed by atoms with Gasteiger partial charge in [-0.25, -0.2) is 0 Å². The summed E-state index contributed by atoms with van der Waals surface area (Å²) in [5.74, 6) is -0.214. The highest BCUT2D eigenvalue weighted by Crippen LogP contribution is 2.38. The second-order valence-corrected chi connectivity index (χ2v) is 13.6. The van der Waals surface area contributed by atoms with Crippen LogP contribution in [0.25, 0.3) is 0 Å². The van der Waals surface area contributed by atoms with Gasteiger partial charge in [-0.1, -0.05) is 32.9 Å². The van der Waals surface area contributed by atoms with Crippen LogP contribution in [-0.2, 0) is 23.4 Å². The number of esters is 1. The van der Waals surface area contributed by atoms with E-state index in [1.54, 1.807) is 13.2 Å². The van der Waals surface area contributed by atoms with Gasteiger partial charge in [0.2, 0.25) is 0 Å². The second kappa shape index (κ2) is 13.3. The van der Waals surface area contributed by atoms with Crippen molar-refractivity contribution in [3.05, 3.63) is 25.3 Å². The van der Waals surface area contributed by atoms with Crippen molar-refractivity contribution in [1.29, 1.82) is 0 Å². The summed E-state index contributed by atoms with van der Waals surface area (Å²) in [6.45, 7) is 20.7. The van der Waals surface area contributed by atoms with Crippen LogP contribution in [0.2, 0.25) is 18.1 Å². The minimum Gasteiger partial charge on any atom is -0.463 e. The summed E-state index contributed by atoms with van der Waals surface area (Å²) in [5, 5.41) is 0.0934. The van der Waals surface area contributed by atoms with Crippen molar-refractivity contribution in [3.63, 3.8) is 0 Å². The van der Waals surface area contributed by atoms with E-state index in [1.807, 2.05) is 13.0 Å². The molecule has 0 unspecified atom stereocenters. The van der Waals surface area contributed by atoms with Crippen molar-refractivity contribution in [3.8, 4) is 0 Å². The molecule has 164 valence electrons. The van der Waals surface area contributed by atoms with E-state index in [0.717, 1.165) is 19.3 Å². The molecule has 0 rings (SSSR count). The van der Waals surface area contributed by atoms with E-state index in [4.69, 9.17) is 18.6 Å². The number of hydrogen-bond acceptors (Lipinski definition) is 5. The molecule has 0 fully saturated rings. The molecule has 0 aromatic carbocycles. The van der Waals surface area contributed by atoms with Crippen molar-refractivity contribution in [2.75, 3.05) is 13.9 Å². The molecule has 0 amide bonds. The number of carbonyl (C=O) groups is 1. The van der Waals surface area contributed by atoms with E-state index in [2.05, 4.69) is 47.0 Å². The lowest BCUT2D eigenvalue weighted by Gasteiger charge is -2.39. The topological polar surface area (TPSA) is 54.0 Å². The van der Waals surface area contributed by atoms with E-state index < -0.39 is 8.32 Å². The average Bonchev–Trinajstić information content (AvgIpc) is 2.56. The maximum absolute atomic E-state index is 12.4. The van der Waals surface area contributed by atoms with Crippen molar-refractivity contribution < 1.29 is 23.4 Å². The molecule has 0 aliphatic carbocycles. The van der Waals surface area contributed by atoms with Gasteiger partial charge in [-0.05, 0) is 50.7 Å². The summed E-state index contributed by atoms with van der Waals surface area (Å²) in [5.41, 5.74) is 0. The predicted octanol–water partition coefficient (Wildman–Crippen LogP) is 5.62. The first kappa shape index (κ1) is 27.0. The third-order valence-corrected chi connectivity index (χ3v) is 9.72. The van der Waals surface area contributed by atoms with E-state index in [9.17, 15) is 4.79 Å². The number of rotatable bonds is 15. The van der Waals surface area contributed by atoms with E-state index in [0.29, 0.717) is 6.42 Å². The van der Waals surface area contributed by atoms with Crippen molar-refractivity contribution in [2.45, 2.75) is 96.2 Å². The molecule has 0 aromatic heterocycles. The SMILES string of the molecule is C=CC[C@H](CC(=O)O[C@H](C)CCC[C@H](C=C)OCOC)O[Si](C)(C)C(C)(C)C. The average molecular weight is 415 g/mol. The maximum Gasteiger partial charge on any atom is 0.308 e. The Morgan fingerprint density at radius 3 is 2.32 bits per heavy atom. The van der Waals surface area contributed by atoms with Gasteiger partial charge in [0.1, 0.15) is 6.79 Å². The first-order chi connectivity index (χ1) is 13.0. The Bertz CT molecular complexity index is 470. The van der Waals surface area contributed by atoms with Crippen LogP contribution in [0.5, 0.6) is 0 Å². The molecule has 0 spiro atoms. The third-order valence-electron chi connectivity index (χ3n) is 5.19. The molecule has 0 saturated heterocycles. The summed E-state index contributed by atoms with van der Waals surface area (Å²) in [7, 11) is -0.357. The summed E-state index contributed by atoms with van der Waals surface area (Å²) >= 11 is 0. The fraction of sp³-hybridized carbons (Fsp3) is 0.773. The normalized spacial score (nSPS) is 15.5. The van der Waals surface area contributed by atoms with Crippen LogP contribution in [0.4, 0.5) is 0 Å². The molecule has 3 atom stereocenters. The van der Waals surface area contributed by atoms with Gasteiger partial charge in [0.25, 0.3) is 0 Å². The summed E-state index contributed by atoms with van der Waals surface area (Å²) < 4.78 is 22.4. The van der Waals surface area contributed by atoms with Crippen LogP contribution in [0.1, 0.15) is 59.8 Å². The molecule has 0 aliphatic rings. The molecular formula is C22H42O5Si. The van der Waals surface area contributed by atoms with Gasteiger partial charge >= 0.3 is 5.97 Å². The summed E-state index contributed by atoms with van der Waals surface area (Å²) in [6.07, 6.45) is 6.61. The van der Waals surface area contributed by atoms with Gasteiger partial charge in [0, 0.05) is 7.11 Å². The number of methoxy groups -OCH3 is 1. The molecule has 0 aromatic rings. The fourth-order valence-electron chi connectivity index (χ4n) is 2.50. The standard InChI is InChI=1S/C22H42O5Si/c1-10-13-20(27-28(8,9)22(4,5)6)16-21(23)26-18(3)14-12-15-19(11-2)25-17-24-7/h10-11,18-20H,1-2,12-17H2,3-9H3/t18-,19+,20-/m1/s1. The molecule has 28 heavy (non-hydrogen) atoms. The molecule has 0 aliphatic heterocycles. The zero-order valence-electron chi connectivity index (χ0n) is 19.1. The Labute approximate surface area is 173 Å². The van der Waals surface area contributed by atoms with Crippen LogP contribution in [0, 0.1) is 0 Å². The molecule has 0 radical (unpaired) electrons. The van der Waals surface area contributed by atoms with Crippen molar-refractivity contribution in [2.24, 2.45) is 0 Å². The molecule has 5 nitrogen and oxygen atoms in total. The van der Waals surface area contributed by atoms with Gasteiger partial charge in [0.05, 0.1) is 24.7 Å². The van der Waals surface area contributed by atoms with Crippen LogP contribution in [-0.4, -0.2) is 46.5 Å². The third kappa shape index (κ3) is 11.1. The highest BCUT2D eigenvalue weighted by atomic mass is 28.4. The first-order valence-corrected chi connectivity index (χ1v) is 13.1. The Hall–Kier alpha value is -0.953. The van der Waals surface area contributed by atoms with Gasteiger partial charge in [-0.3, -0.25) is 4.79 Å². The van der Waals surface area contributed by atoms with Crippen LogP contribution in [0.15, 0.2) is 25.3 Å². The lowest BCUT2D eigenvalue weighted by Crippen LogP contribution is -2.44. The lowest BCUT2D eigenvalue weighted by molar-refractivity contribution is -0.150. The Balaban J connectivity index is 4.46. The van der Waals surface area contributed by atoms with E-state index in [1.165, 1.54) is 0 Å². The first-order valence-electron chi connectivity index (χ1n) is 10.2. The highest BCUT2D eigenvalue weighted by Gasteiger charge is 2.39. The van der Waals surface area contributed by atoms with E-state index in [-0.39, 0.29) is 42.5 Å². The zero-order valence-corrected chi connectivity index (χ0v) is 20.1. The monoisotopic (exact) mass is 414 g/mol. The Morgan fingerprint density at radius 1 is 1.18 bits per heavy atom. The highest BCUT2D eigenvalue weighted by molar-refractivity contribution is 6.74. The molecule has 0 saturated carbocycles. The zero-order chi connectivity index (χ0) is 21.8. The van der Waals surface area contributed by atoms with Gasteiger partial charge in [0.15, 0.2) is 8.32 Å². The second-order valence-electron chi connectivity index (χ2n) is 8.81. The summed E-state index contributed by atoms with van der Waals surface area (Å²) in [4.78, 5) is 12.4. The van der Waals surface area contributed by atoms with Crippen LogP contribution >= 0.6 is 0 Å². The Morgan fingerprint density at radius 2 is 1.82 bits per heavy atom. The van der Waals surface area contributed by atoms with Gasteiger partial charge < -0.3 is 18.6 Å². The molecule has 0 N–H and O–H groups in total. The Kier molecular flexibility index (Phi) is 12.9.